The lowest BCUT2D eigenvalue weighted by Crippen LogP contribution is -2.42. The predicted octanol–water partition coefficient (Wildman–Crippen LogP) is 2.38. The third-order valence-electron chi connectivity index (χ3n) is 3.07. The van der Waals surface area contributed by atoms with Crippen molar-refractivity contribution in [3.8, 4) is 0 Å². The number of nitrogens with zero attached hydrogens (tertiary/aromatic N) is 1. The average molecular weight is 313 g/mol. The minimum Gasteiger partial charge on any atom is -0.480 e. The van der Waals surface area contributed by atoms with Crippen molar-refractivity contribution in [1.82, 2.24) is 0 Å². The lowest BCUT2D eigenvalue weighted by molar-refractivity contribution is -0.137. The van der Waals surface area contributed by atoms with E-state index in [1.54, 1.807) is 24.3 Å². The molecule has 0 aliphatic rings. The van der Waals surface area contributed by atoms with Crippen LogP contribution in [0.5, 0.6) is 0 Å². The zero-order chi connectivity index (χ0) is 16.0. The number of hydrogen-bond donors (Lipinski definition) is 2. The number of halogens is 1. The van der Waals surface area contributed by atoms with E-state index in [4.69, 9.17) is 22.4 Å². The molecule has 0 aliphatic carbocycles. The highest BCUT2D eigenvalue weighted by molar-refractivity contribution is 6.31. The first-order chi connectivity index (χ1) is 9.85. The van der Waals surface area contributed by atoms with Crippen LogP contribution in [-0.2, 0) is 9.59 Å². The van der Waals surface area contributed by atoms with Crippen molar-refractivity contribution < 1.29 is 14.7 Å². The summed E-state index contributed by atoms with van der Waals surface area (Å²) >= 11 is 5.92. The van der Waals surface area contributed by atoms with Crippen LogP contribution in [0.4, 0.5) is 5.69 Å². The monoisotopic (exact) mass is 312 g/mol. The van der Waals surface area contributed by atoms with Gasteiger partial charge in [0.05, 0.1) is 5.92 Å². The molecule has 0 saturated heterocycles. The van der Waals surface area contributed by atoms with Crippen LogP contribution in [0.3, 0.4) is 0 Å². The van der Waals surface area contributed by atoms with E-state index < -0.39 is 18.4 Å². The van der Waals surface area contributed by atoms with Gasteiger partial charge in [0.1, 0.15) is 6.54 Å². The molecule has 0 fully saturated rings. The number of rotatable bonds is 7. The molecule has 1 amide bonds. The molecule has 1 unspecified atom stereocenters. The maximum atomic E-state index is 12.6. The maximum absolute atomic E-state index is 12.6. The van der Waals surface area contributed by atoms with E-state index in [0.717, 1.165) is 0 Å². The molecule has 0 heterocycles. The van der Waals surface area contributed by atoms with Crippen molar-refractivity contribution in [1.29, 1.82) is 0 Å². The van der Waals surface area contributed by atoms with Crippen molar-refractivity contribution in [2.75, 3.05) is 18.0 Å². The van der Waals surface area contributed by atoms with Gasteiger partial charge in [-0.3, -0.25) is 9.59 Å². The lowest BCUT2D eigenvalue weighted by Gasteiger charge is -2.26. The summed E-state index contributed by atoms with van der Waals surface area (Å²) in [6.07, 6.45) is 0.617. The highest BCUT2D eigenvalue weighted by Crippen LogP contribution is 2.23. The van der Waals surface area contributed by atoms with E-state index in [1.165, 1.54) is 4.90 Å². The molecule has 0 aliphatic heterocycles. The Hall–Kier alpha value is -1.59. The van der Waals surface area contributed by atoms with Crippen LogP contribution in [0.2, 0.25) is 5.02 Å². The van der Waals surface area contributed by atoms with E-state index in [-0.39, 0.29) is 12.5 Å². The van der Waals surface area contributed by atoms with Crippen LogP contribution in [0.25, 0.3) is 0 Å². The fraction of sp³-hybridized carbons (Fsp3) is 0.467. The van der Waals surface area contributed by atoms with Crippen LogP contribution in [0.15, 0.2) is 24.3 Å². The normalized spacial score (nSPS) is 12.2. The van der Waals surface area contributed by atoms with Gasteiger partial charge in [-0.05, 0) is 30.5 Å². The predicted molar refractivity (Wildman–Crippen MR) is 83.4 cm³/mol. The largest absolute Gasteiger partial charge is 0.480 e. The smallest absolute Gasteiger partial charge is 0.323 e. The topological polar surface area (TPSA) is 83.6 Å². The Morgan fingerprint density at radius 3 is 2.52 bits per heavy atom. The quantitative estimate of drug-likeness (QED) is 0.809. The molecule has 21 heavy (non-hydrogen) atoms. The number of aliphatic carboxylic acids is 1. The number of carbonyl (C=O) groups excluding carboxylic acids is 1. The fourth-order valence-electron chi connectivity index (χ4n) is 2.16. The number of amides is 1. The number of hydrogen-bond acceptors (Lipinski definition) is 3. The first-order valence-electron chi connectivity index (χ1n) is 6.84. The SMILES string of the molecule is CC(C)CC(CN)C(=O)N(CC(=O)O)c1cccc(Cl)c1. The van der Waals surface area contributed by atoms with Crippen LogP contribution in [-0.4, -0.2) is 30.1 Å². The van der Waals surface area contributed by atoms with Crippen LogP contribution >= 0.6 is 11.6 Å². The fourth-order valence-corrected chi connectivity index (χ4v) is 2.35. The zero-order valence-electron chi connectivity index (χ0n) is 12.3. The van der Waals surface area contributed by atoms with Gasteiger partial charge in [0, 0.05) is 17.3 Å². The summed E-state index contributed by atoms with van der Waals surface area (Å²) in [5.41, 5.74) is 6.15. The Kier molecular flexibility index (Phi) is 6.65. The van der Waals surface area contributed by atoms with Gasteiger partial charge in [-0.2, -0.15) is 0 Å². The van der Waals surface area contributed by atoms with Gasteiger partial charge in [0.2, 0.25) is 5.91 Å². The van der Waals surface area contributed by atoms with Crippen LogP contribution in [0, 0.1) is 11.8 Å². The molecule has 0 radical (unpaired) electrons. The minimum atomic E-state index is -1.08. The Balaban J connectivity index is 3.06. The molecule has 116 valence electrons. The molecular weight excluding hydrogens is 292 g/mol. The molecular formula is C15H21ClN2O3. The van der Waals surface area contributed by atoms with E-state index in [1.807, 2.05) is 13.8 Å². The van der Waals surface area contributed by atoms with Gasteiger partial charge < -0.3 is 15.7 Å². The van der Waals surface area contributed by atoms with Crippen molar-refractivity contribution in [3.63, 3.8) is 0 Å². The van der Waals surface area contributed by atoms with E-state index in [9.17, 15) is 9.59 Å². The number of nitrogens with two attached hydrogens (primary N) is 1. The van der Waals surface area contributed by atoms with Crippen molar-refractivity contribution in [2.24, 2.45) is 17.6 Å². The second kappa shape index (κ2) is 8.00. The third-order valence-corrected chi connectivity index (χ3v) is 3.30. The first kappa shape index (κ1) is 17.5. The molecule has 3 N–H and O–H groups in total. The number of benzene rings is 1. The summed E-state index contributed by atoms with van der Waals surface area (Å²) < 4.78 is 0. The summed E-state index contributed by atoms with van der Waals surface area (Å²) in [5, 5.41) is 9.49. The standard InChI is InChI=1S/C15H21ClN2O3/c1-10(2)6-11(8-17)15(21)18(9-14(19)20)13-5-3-4-12(16)7-13/h3-5,7,10-11H,6,8-9,17H2,1-2H3,(H,19,20). The summed E-state index contributed by atoms with van der Waals surface area (Å²) in [6, 6.07) is 6.59. The minimum absolute atomic E-state index is 0.188. The number of anilines is 1. The molecule has 0 bridgehead atoms. The van der Waals surface area contributed by atoms with Gasteiger partial charge in [0.25, 0.3) is 0 Å². The molecule has 1 atom stereocenters. The average Bonchev–Trinajstić information content (AvgIpc) is 2.41. The maximum Gasteiger partial charge on any atom is 0.323 e. The van der Waals surface area contributed by atoms with Crippen LogP contribution < -0.4 is 10.6 Å². The van der Waals surface area contributed by atoms with Crippen LogP contribution in [0.1, 0.15) is 20.3 Å². The Morgan fingerprint density at radius 2 is 2.05 bits per heavy atom. The van der Waals surface area contributed by atoms with Gasteiger partial charge in [-0.15, -0.1) is 0 Å². The summed E-state index contributed by atoms with van der Waals surface area (Å²) in [6.45, 7) is 3.77. The Morgan fingerprint density at radius 1 is 1.38 bits per heavy atom. The number of carboxylic acids is 1. The highest BCUT2D eigenvalue weighted by Gasteiger charge is 2.26. The van der Waals surface area contributed by atoms with E-state index in [2.05, 4.69) is 0 Å². The molecule has 1 aromatic rings. The molecule has 1 aromatic carbocycles. The summed E-state index contributed by atoms with van der Waals surface area (Å²) in [5.74, 6) is -1.46. The second-order valence-corrected chi connectivity index (χ2v) is 5.80. The van der Waals surface area contributed by atoms with Gasteiger partial charge >= 0.3 is 5.97 Å². The number of carboxylic acid groups (broad SMARTS) is 1. The second-order valence-electron chi connectivity index (χ2n) is 5.36. The molecule has 0 spiro atoms. The highest BCUT2D eigenvalue weighted by atomic mass is 35.5. The molecule has 6 heteroatoms. The Bertz CT molecular complexity index is 505. The molecule has 0 saturated carbocycles. The molecule has 5 nitrogen and oxygen atoms in total. The van der Waals surface area contributed by atoms with Crippen molar-refractivity contribution in [2.45, 2.75) is 20.3 Å². The van der Waals surface area contributed by atoms with Crippen molar-refractivity contribution >= 4 is 29.2 Å². The van der Waals surface area contributed by atoms with E-state index in [0.29, 0.717) is 23.0 Å². The lowest BCUT2D eigenvalue weighted by atomic mass is 9.95. The third kappa shape index (κ3) is 5.36. The summed E-state index contributed by atoms with van der Waals surface area (Å²) in [4.78, 5) is 24.9. The zero-order valence-corrected chi connectivity index (χ0v) is 13.0. The number of carbonyl (C=O) groups is 2. The van der Waals surface area contributed by atoms with Crippen molar-refractivity contribution in [3.05, 3.63) is 29.3 Å². The Labute approximate surface area is 129 Å². The van der Waals surface area contributed by atoms with Gasteiger partial charge in [-0.1, -0.05) is 31.5 Å². The van der Waals surface area contributed by atoms with Gasteiger partial charge in [-0.25, -0.2) is 0 Å². The molecule has 0 aromatic heterocycles. The van der Waals surface area contributed by atoms with Gasteiger partial charge in [0.15, 0.2) is 0 Å². The first-order valence-corrected chi connectivity index (χ1v) is 7.21. The molecule has 1 rings (SSSR count). The van der Waals surface area contributed by atoms with E-state index >= 15 is 0 Å². The summed E-state index contributed by atoms with van der Waals surface area (Å²) in [7, 11) is 0.